The fourth-order valence-electron chi connectivity index (χ4n) is 4.24. The average molecular weight is 451 g/mol. The van der Waals surface area contributed by atoms with Crippen LogP contribution in [-0.4, -0.2) is 63.6 Å². The highest BCUT2D eigenvalue weighted by atomic mass is 35.5. The molecule has 1 amide bonds. The number of fused-ring (bicyclic) bond motifs is 1. The van der Waals surface area contributed by atoms with Crippen LogP contribution in [0.4, 0.5) is 5.69 Å². The van der Waals surface area contributed by atoms with Crippen LogP contribution in [0.5, 0.6) is 11.5 Å². The number of benzene rings is 2. The molecule has 2 aliphatic rings. The third-order valence-corrected chi connectivity index (χ3v) is 7.65. The van der Waals surface area contributed by atoms with E-state index in [4.69, 9.17) is 21.1 Å². The van der Waals surface area contributed by atoms with Crippen molar-refractivity contribution < 1.29 is 22.7 Å². The molecule has 0 radical (unpaired) electrons. The Morgan fingerprint density at radius 1 is 1.03 bits per heavy atom. The van der Waals surface area contributed by atoms with Crippen molar-refractivity contribution in [2.45, 2.75) is 18.6 Å². The van der Waals surface area contributed by atoms with Crippen molar-refractivity contribution in [1.29, 1.82) is 0 Å². The first-order chi connectivity index (χ1) is 14.3. The zero-order valence-electron chi connectivity index (χ0n) is 16.7. The standard InChI is InChI=1S/C21H23ClN2O5S/c1-28-16-6-3-14(4-7-16)10-23-11-21(25)24(19-13-30(26,27)12-18(19)23)15-5-8-20(29-2)17(22)9-15/h3-9,18-19H,10-13H2,1-2H3/t18-,19+/m1/s1. The molecule has 0 aliphatic carbocycles. The number of piperazine rings is 1. The molecule has 4 rings (SSSR count). The Balaban J connectivity index is 1.64. The van der Waals surface area contributed by atoms with Gasteiger partial charge in [-0.25, -0.2) is 8.42 Å². The van der Waals surface area contributed by atoms with E-state index in [0.717, 1.165) is 11.3 Å². The van der Waals surface area contributed by atoms with E-state index in [0.29, 0.717) is 23.0 Å². The molecule has 0 bridgehead atoms. The number of hydrogen-bond donors (Lipinski definition) is 0. The maximum absolute atomic E-state index is 13.1. The third-order valence-electron chi connectivity index (χ3n) is 5.66. The molecule has 0 aromatic heterocycles. The van der Waals surface area contributed by atoms with Crippen LogP contribution < -0.4 is 14.4 Å². The largest absolute Gasteiger partial charge is 0.497 e. The van der Waals surface area contributed by atoms with Crippen molar-refractivity contribution in [3.8, 4) is 11.5 Å². The van der Waals surface area contributed by atoms with Crippen molar-refractivity contribution in [2.75, 3.05) is 37.2 Å². The first-order valence-corrected chi connectivity index (χ1v) is 11.7. The second kappa shape index (κ2) is 8.09. The predicted molar refractivity (Wildman–Crippen MR) is 115 cm³/mol. The number of anilines is 1. The summed E-state index contributed by atoms with van der Waals surface area (Å²) in [5.74, 6) is 1.07. The molecule has 2 aromatic carbocycles. The van der Waals surface area contributed by atoms with Crippen molar-refractivity contribution in [2.24, 2.45) is 0 Å². The number of carbonyl (C=O) groups excluding carboxylic acids is 1. The fourth-order valence-corrected chi connectivity index (χ4v) is 6.47. The smallest absolute Gasteiger partial charge is 0.241 e. The van der Waals surface area contributed by atoms with Gasteiger partial charge in [0.15, 0.2) is 9.84 Å². The summed E-state index contributed by atoms with van der Waals surface area (Å²) in [4.78, 5) is 16.7. The van der Waals surface area contributed by atoms with E-state index in [9.17, 15) is 13.2 Å². The van der Waals surface area contributed by atoms with Gasteiger partial charge in [-0.15, -0.1) is 0 Å². The first kappa shape index (κ1) is 21.0. The van der Waals surface area contributed by atoms with Crippen LogP contribution in [0.3, 0.4) is 0 Å². The lowest BCUT2D eigenvalue weighted by Crippen LogP contribution is -2.61. The second-order valence-electron chi connectivity index (χ2n) is 7.55. The Bertz CT molecular complexity index is 1060. The number of methoxy groups -OCH3 is 2. The summed E-state index contributed by atoms with van der Waals surface area (Å²) in [6, 6.07) is 11.9. The van der Waals surface area contributed by atoms with Gasteiger partial charge >= 0.3 is 0 Å². The molecule has 0 saturated carbocycles. The molecule has 2 heterocycles. The summed E-state index contributed by atoms with van der Waals surface area (Å²) in [5.41, 5.74) is 1.58. The summed E-state index contributed by atoms with van der Waals surface area (Å²) in [6.07, 6.45) is 0. The maximum Gasteiger partial charge on any atom is 0.241 e. The molecule has 0 unspecified atom stereocenters. The number of rotatable bonds is 5. The number of hydrogen-bond acceptors (Lipinski definition) is 6. The van der Waals surface area contributed by atoms with Crippen LogP contribution in [0.2, 0.25) is 5.02 Å². The van der Waals surface area contributed by atoms with Crippen molar-refractivity contribution in [3.05, 3.63) is 53.1 Å². The Kier molecular flexibility index (Phi) is 5.65. The topological polar surface area (TPSA) is 76.2 Å². The van der Waals surface area contributed by atoms with Gasteiger partial charge in [0.1, 0.15) is 11.5 Å². The van der Waals surface area contributed by atoms with E-state index in [2.05, 4.69) is 0 Å². The van der Waals surface area contributed by atoms with Crippen molar-refractivity contribution in [1.82, 2.24) is 4.90 Å². The zero-order valence-corrected chi connectivity index (χ0v) is 18.3. The minimum Gasteiger partial charge on any atom is -0.497 e. The van der Waals surface area contributed by atoms with Crippen LogP contribution in [0.15, 0.2) is 42.5 Å². The van der Waals surface area contributed by atoms with Gasteiger partial charge in [-0.2, -0.15) is 0 Å². The SMILES string of the molecule is COc1ccc(CN2CC(=O)N(c3ccc(OC)c(Cl)c3)[C@H]3CS(=O)(=O)C[C@H]32)cc1. The molecule has 7 nitrogen and oxygen atoms in total. The predicted octanol–water partition coefficient (Wildman–Crippen LogP) is 2.37. The molecule has 2 saturated heterocycles. The van der Waals surface area contributed by atoms with Crippen LogP contribution >= 0.6 is 11.6 Å². The van der Waals surface area contributed by atoms with E-state index in [1.54, 1.807) is 30.2 Å². The molecule has 0 N–H and O–H groups in total. The summed E-state index contributed by atoms with van der Waals surface area (Å²) in [7, 11) is -0.144. The van der Waals surface area contributed by atoms with Crippen LogP contribution in [0.25, 0.3) is 0 Å². The highest BCUT2D eigenvalue weighted by Gasteiger charge is 2.49. The molecule has 2 aliphatic heterocycles. The normalized spacial score (nSPS) is 23.3. The summed E-state index contributed by atoms with van der Waals surface area (Å²) in [6.45, 7) is 0.621. The molecular formula is C21H23ClN2O5S. The van der Waals surface area contributed by atoms with Crippen molar-refractivity contribution >= 4 is 33.0 Å². The Hall–Kier alpha value is -2.29. The zero-order chi connectivity index (χ0) is 21.5. The highest BCUT2D eigenvalue weighted by molar-refractivity contribution is 7.91. The van der Waals surface area contributed by atoms with Gasteiger partial charge in [0, 0.05) is 18.3 Å². The van der Waals surface area contributed by atoms with Crippen LogP contribution in [0.1, 0.15) is 5.56 Å². The van der Waals surface area contributed by atoms with E-state index in [1.165, 1.54) is 7.11 Å². The van der Waals surface area contributed by atoms with E-state index < -0.39 is 15.9 Å². The van der Waals surface area contributed by atoms with Gasteiger partial charge in [-0.05, 0) is 35.9 Å². The molecule has 0 spiro atoms. The monoisotopic (exact) mass is 450 g/mol. The average Bonchev–Trinajstić information content (AvgIpc) is 3.03. The minimum atomic E-state index is -3.27. The molecule has 160 valence electrons. The van der Waals surface area contributed by atoms with E-state index in [-0.39, 0.29) is 30.0 Å². The number of nitrogens with zero attached hydrogens (tertiary/aromatic N) is 2. The minimum absolute atomic E-state index is 0.0293. The lowest BCUT2D eigenvalue weighted by molar-refractivity contribution is -0.123. The first-order valence-electron chi connectivity index (χ1n) is 9.54. The highest BCUT2D eigenvalue weighted by Crippen LogP contribution is 2.36. The quantitative estimate of drug-likeness (QED) is 0.696. The van der Waals surface area contributed by atoms with E-state index in [1.807, 2.05) is 29.2 Å². The lowest BCUT2D eigenvalue weighted by Gasteiger charge is -2.43. The molecule has 30 heavy (non-hydrogen) atoms. The summed E-state index contributed by atoms with van der Waals surface area (Å²) >= 11 is 6.25. The number of sulfone groups is 1. The second-order valence-corrected chi connectivity index (χ2v) is 10.1. The molecule has 2 atom stereocenters. The number of carbonyl (C=O) groups is 1. The van der Waals surface area contributed by atoms with Crippen LogP contribution in [0, 0.1) is 0 Å². The third kappa shape index (κ3) is 3.99. The Labute approximate surface area is 181 Å². The maximum atomic E-state index is 13.1. The summed E-state index contributed by atoms with van der Waals surface area (Å²) in [5, 5.41) is 0.376. The molecular weight excluding hydrogens is 428 g/mol. The molecule has 2 fully saturated rings. The Morgan fingerprint density at radius 3 is 2.37 bits per heavy atom. The van der Waals surface area contributed by atoms with Gasteiger partial charge in [0.2, 0.25) is 5.91 Å². The lowest BCUT2D eigenvalue weighted by atomic mass is 10.0. The molecule has 9 heteroatoms. The summed E-state index contributed by atoms with van der Waals surface area (Å²) < 4.78 is 35.4. The van der Waals surface area contributed by atoms with Gasteiger partial charge in [0.05, 0.1) is 43.3 Å². The number of ether oxygens (including phenoxy) is 2. The van der Waals surface area contributed by atoms with Gasteiger partial charge in [0.25, 0.3) is 0 Å². The van der Waals surface area contributed by atoms with E-state index >= 15 is 0 Å². The van der Waals surface area contributed by atoms with Gasteiger partial charge in [-0.1, -0.05) is 23.7 Å². The number of halogens is 1. The van der Waals surface area contributed by atoms with Gasteiger partial charge in [-0.3, -0.25) is 9.69 Å². The van der Waals surface area contributed by atoms with Crippen molar-refractivity contribution in [3.63, 3.8) is 0 Å². The fraction of sp³-hybridized carbons (Fsp3) is 0.381. The van der Waals surface area contributed by atoms with Gasteiger partial charge < -0.3 is 14.4 Å². The Morgan fingerprint density at radius 2 is 1.73 bits per heavy atom. The number of amides is 1. The van der Waals surface area contributed by atoms with Crippen LogP contribution in [-0.2, 0) is 21.2 Å². The molecule has 2 aromatic rings.